The van der Waals surface area contributed by atoms with Gasteiger partial charge < -0.3 is 4.42 Å². The highest BCUT2D eigenvalue weighted by Gasteiger charge is 2.10. The summed E-state index contributed by atoms with van der Waals surface area (Å²) in [6.07, 6.45) is 0.679. The molecule has 0 radical (unpaired) electrons. The SMILES string of the molecule is CC(C#N)c1ccc2oc(Cc3ccccc3)nc2c1. The van der Waals surface area contributed by atoms with Gasteiger partial charge in [0, 0.05) is 6.42 Å². The number of benzene rings is 2. The van der Waals surface area contributed by atoms with Gasteiger partial charge in [0.2, 0.25) is 0 Å². The Bertz CT molecular complexity index is 769. The molecular weight excluding hydrogens is 248 g/mol. The molecule has 3 heteroatoms. The number of fused-ring (bicyclic) bond motifs is 1. The van der Waals surface area contributed by atoms with Gasteiger partial charge >= 0.3 is 0 Å². The third-order valence-corrected chi connectivity index (χ3v) is 3.35. The molecule has 20 heavy (non-hydrogen) atoms. The number of nitriles is 1. The first-order chi connectivity index (χ1) is 9.76. The lowest BCUT2D eigenvalue weighted by molar-refractivity contribution is 0.544. The normalized spacial score (nSPS) is 12.2. The Labute approximate surface area is 117 Å². The second kappa shape index (κ2) is 5.18. The maximum absolute atomic E-state index is 8.97. The van der Waals surface area contributed by atoms with Crippen LogP contribution in [0.3, 0.4) is 0 Å². The van der Waals surface area contributed by atoms with E-state index < -0.39 is 0 Å². The van der Waals surface area contributed by atoms with Crippen molar-refractivity contribution in [2.24, 2.45) is 0 Å². The number of rotatable bonds is 3. The van der Waals surface area contributed by atoms with E-state index in [1.165, 1.54) is 5.56 Å². The van der Waals surface area contributed by atoms with Crippen LogP contribution in [-0.2, 0) is 6.42 Å². The highest BCUT2D eigenvalue weighted by molar-refractivity contribution is 5.73. The Kier molecular flexibility index (Phi) is 3.22. The summed E-state index contributed by atoms with van der Waals surface area (Å²) in [4.78, 5) is 4.51. The summed E-state index contributed by atoms with van der Waals surface area (Å²) in [6, 6.07) is 18.1. The summed E-state index contributed by atoms with van der Waals surface area (Å²) in [5, 5.41) is 8.97. The van der Waals surface area contributed by atoms with Crippen molar-refractivity contribution in [3.63, 3.8) is 0 Å². The van der Waals surface area contributed by atoms with Crippen LogP contribution in [0.4, 0.5) is 0 Å². The zero-order valence-electron chi connectivity index (χ0n) is 11.2. The topological polar surface area (TPSA) is 49.8 Å². The molecule has 0 aliphatic rings. The Morgan fingerprint density at radius 3 is 2.75 bits per heavy atom. The van der Waals surface area contributed by atoms with Crippen molar-refractivity contribution in [1.29, 1.82) is 5.26 Å². The fourth-order valence-corrected chi connectivity index (χ4v) is 2.18. The zero-order chi connectivity index (χ0) is 13.9. The van der Waals surface area contributed by atoms with Crippen LogP contribution in [0.15, 0.2) is 52.9 Å². The predicted octanol–water partition coefficient (Wildman–Crippen LogP) is 4.05. The van der Waals surface area contributed by atoms with Crippen molar-refractivity contribution >= 4 is 11.1 Å². The average Bonchev–Trinajstić information content (AvgIpc) is 2.88. The van der Waals surface area contributed by atoms with E-state index in [1.807, 2.05) is 43.3 Å². The van der Waals surface area contributed by atoms with Crippen LogP contribution in [0.2, 0.25) is 0 Å². The highest BCUT2D eigenvalue weighted by atomic mass is 16.3. The summed E-state index contributed by atoms with van der Waals surface area (Å²) < 4.78 is 5.75. The van der Waals surface area contributed by atoms with Gasteiger partial charge in [-0.3, -0.25) is 0 Å². The molecule has 0 amide bonds. The largest absolute Gasteiger partial charge is 0.440 e. The molecule has 3 aromatic rings. The van der Waals surface area contributed by atoms with Gasteiger partial charge in [-0.15, -0.1) is 0 Å². The smallest absolute Gasteiger partial charge is 0.199 e. The molecule has 98 valence electrons. The maximum Gasteiger partial charge on any atom is 0.199 e. The third-order valence-electron chi connectivity index (χ3n) is 3.35. The molecule has 2 aromatic carbocycles. The lowest BCUT2D eigenvalue weighted by Gasteiger charge is -2.00. The van der Waals surface area contributed by atoms with E-state index in [1.54, 1.807) is 0 Å². The zero-order valence-corrected chi connectivity index (χ0v) is 11.2. The Balaban J connectivity index is 1.93. The monoisotopic (exact) mass is 262 g/mol. The predicted molar refractivity (Wildman–Crippen MR) is 77.3 cm³/mol. The lowest BCUT2D eigenvalue weighted by Crippen LogP contribution is -1.89. The Morgan fingerprint density at radius 1 is 1.20 bits per heavy atom. The van der Waals surface area contributed by atoms with Crippen molar-refractivity contribution in [3.8, 4) is 6.07 Å². The van der Waals surface area contributed by atoms with Crippen molar-refractivity contribution < 1.29 is 4.42 Å². The molecule has 0 aliphatic heterocycles. The highest BCUT2D eigenvalue weighted by Crippen LogP contribution is 2.22. The van der Waals surface area contributed by atoms with Crippen molar-refractivity contribution in [2.75, 3.05) is 0 Å². The first-order valence-corrected chi connectivity index (χ1v) is 6.59. The van der Waals surface area contributed by atoms with E-state index in [9.17, 15) is 0 Å². The molecular formula is C17H14N2O. The molecule has 0 N–H and O–H groups in total. The van der Waals surface area contributed by atoms with Crippen LogP contribution in [0.5, 0.6) is 0 Å². The maximum atomic E-state index is 8.97. The quantitative estimate of drug-likeness (QED) is 0.715. The van der Waals surface area contributed by atoms with E-state index >= 15 is 0 Å². The summed E-state index contributed by atoms with van der Waals surface area (Å²) in [6.45, 7) is 1.88. The molecule has 0 aliphatic carbocycles. The summed E-state index contributed by atoms with van der Waals surface area (Å²) in [5.41, 5.74) is 3.73. The second-order valence-electron chi connectivity index (χ2n) is 4.85. The van der Waals surface area contributed by atoms with Gasteiger partial charge in [-0.05, 0) is 30.2 Å². The van der Waals surface area contributed by atoms with Gasteiger partial charge in [0.1, 0.15) is 5.52 Å². The Morgan fingerprint density at radius 2 is 2.00 bits per heavy atom. The average molecular weight is 262 g/mol. The number of hydrogen-bond acceptors (Lipinski definition) is 3. The molecule has 0 saturated carbocycles. The van der Waals surface area contributed by atoms with E-state index in [2.05, 4.69) is 23.2 Å². The van der Waals surface area contributed by atoms with Crippen LogP contribution in [0, 0.1) is 11.3 Å². The fourth-order valence-electron chi connectivity index (χ4n) is 2.18. The summed E-state index contributed by atoms with van der Waals surface area (Å²) in [5.74, 6) is 0.571. The minimum absolute atomic E-state index is 0.131. The van der Waals surface area contributed by atoms with Crippen LogP contribution in [0.1, 0.15) is 29.9 Å². The van der Waals surface area contributed by atoms with Gasteiger partial charge in [0.25, 0.3) is 0 Å². The van der Waals surface area contributed by atoms with Crippen molar-refractivity contribution in [2.45, 2.75) is 19.3 Å². The van der Waals surface area contributed by atoms with Crippen LogP contribution >= 0.6 is 0 Å². The van der Waals surface area contributed by atoms with E-state index in [-0.39, 0.29) is 5.92 Å². The molecule has 0 fully saturated rings. The second-order valence-corrected chi connectivity index (χ2v) is 4.85. The minimum Gasteiger partial charge on any atom is -0.440 e. The number of oxazole rings is 1. The van der Waals surface area contributed by atoms with E-state index in [0.29, 0.717) is 12.3 Å². The summed E-state index contributed by atoms with van der Waals surface area (Å²) >= 11 is 0. The summed E-state index contributed by atoms with van der Waals surface area (Å²) in [7, 11) is 0. The van der Waals surface area contributed by atoms with Crippen LogP contribution in [-0.4, -0.2) is 4.98 Å². The first-order valence-electron chi connectivity index (χ1n) is 6.59. The molecule has 1 unspecified atom stereocenters. The molecule has 0 spiro atoms. The van der Waals surface area contributed by atoms with E-state index in [0.717, 1.165) is 16.7 Å². The number of hydrogen-bond donors (Lipinski definition) is 0. The number of nitrogens with zero attached hydrogens (tertiary/aromatic N) is 2. The van der Waals surface area contributed by atoms with E-state index in [4.69, 9.17) is 9.68 Å². The molecule has 0 bridgehead atoms. The van der Waals surface area contributed by atoms with Crippen LogP contribution < -0.4 is 0 Å². The number of aromatic nitrogens is 1. The molecule has 0 saturated heterocycles. The first kappa shape index (κ1) is 12.4. The molecule has 3 nitrogen and oxygen atoms in total. The minimum atomic E-state index is -0.131. The lowest BCUT2D eigenvalue weighted by atomic mass is 10.0. The van der Waals surface area contributed by atoms with Gasteiger partial charge in [-0.25, -0.2) is 4.98 Å². The fraction of sp³-hybridized carbons (Fsp3) is 0.176. The van der Waals surface area contributed by atoms with Crippen molar-refractivity contribution in [1.82, 2.24) is 4.98 Å². The van der Waals surface area contributed by atoms with Crippen LogP contribution in [0.25, 0.3) is 11.1 Å². The molecule has 3 rings (SSSR count). The van der Waals surface area contributed by atoms with Gasteiger partial charge in [-0.1, -0.05) is 36.4 Å². The molecule has 1 heterocycles. The standard InChI is InChI=1S/C17H14N2O/c1-12(11-18)14-7-8-16-15(10-14)19-17(20-16)9-13-5-3-2-4-6-13/h2-8,10,12H,9H2,1H3. The Hall–Kier alpha value is -2.60. The molecule has 1 atom stereocenters. The molecule has 1 aromatic heterocycles. The van der Waals surface area contributed by atoms with Crippen molar-refractivity contribution in [3.05, 3.63) is 65.5 Å². The van der Waals surface area contributed by atoms with Gasteiger partial charge in [-0.2, -0.15) is 5.26 Å². The van der Waals surface area contributed by atoms with Gasteiger partial charge in [0.15, 0.2) is 11.5 Å². The van der Waals surface area contributed by atoms with Gasteiger partial charge in [0.05, 0.1) is 12.0 Å². The third kappa shape index (κ3) is 2.41.